The van der Waals surface area contributed by atoms with Crippen molar-refractivity contribution in [1.29, 1.82) is 0 Å². The standard InChI is InChI=1S/C20H21ClO4.C3H8/c1-20(2,3)25-19(24)17(14-8-10-16(21)11-9-14)12-13-4-6-15(7-5-13)18(22)23;1-3-2/h4-11,17H,12H2,1-3H3,(H,22,23);3H2,1-2H3. The van der Waals surface area contributed by atoms with E-state index in [0.29, 0.717) is 11.4 Å². The first kappa shape index (κ1) is 23.7. The highest BCUT2D eigenvalue weighted by molar-refractivity contribution is 6.30. The Hall–Kier alpha value is -2.33. The van der Waals surface area contributed by atoms with Gasteiger partial charge in [0.1, 0.15) is 5.60 Å². The van der Waals surface area contributed by atoms with Crippen LogP contribution in [0.2, 0.25) is 5.02 Å². The Morgan fingerprint density at radius 1 is 1.00 bits per heavy atom. The molecule has 0 saturated carbocycles. The van der Waals surface area contributed by atoms with Crippen LogP contribution in [0.1, 0.15) is 68.4 Å². The average molecular weight is 405 g/mol. The highest BCUT2D eigenvalue weighted by atomic mass is 35.5. The quantitative estimate of drug-likeness (QED) is 0.609. The molecule has 0 aliphatic rings. The summed E-state index contributed by atoms with van der Waals surface area (Å²) in [5.74, 6) is -1.79. The summed E-state index contributed by atoms with van der Waals surface area (Å²) in [4.78, 5) is 23.6. The van der Waals surface area contributed by atoms with E-state index in [2.05, 4.69) is 13.8 Å². The lowest BCUT2D eigenvalue weighted by molar-refractivity contribution is -0.156. The Balaban J connectivity index is 0.00000122. The van der Waals surface area contributed by atoms with Gasteiger partial charge in [-0.2, -0.15) is 0 Å². The van der Waals surface area contributed by atoms with Gasteiger partial charge in [0.2, 0.25) is 0 Å². The van der Waals surface area contributed by atoms with Gasteiger partial charge in [0, 0.05) is 5.02 Å². The third-order valence-corrected chi connectivity index (χ3v) is 3.86. The van der Waals surface area contributed by atoms with Crippen LogP contribution < -0.4 is 0 Å². The van der Waals surface area contributed by atoms with Gasteiger partial charge in [0.25, 0.3) is 0 Å². The first-order valence-corrected chi connectivity index (χ1v) is 9.75. The molecule has 0 amide bonds. The van der Waals surface area contributed by atoms with Crippen LogP contribution in [0.4, 0.5) is 0 Å². The van der Waals surface area contributed by atoms with Gasteiger partial charge in [-0.1, -0.05) is 56.1 Å². The monoisotopic (exact) mass is 404 g/mol. The van der Waals surface area contributed by atoms with E-state index in [0.717, 1.165) is 11.1 Å². The summed E-state index contributed by atoms with van der Waals surface area (Å²) < 4.78 is 5.55. The number of esters is 1. The molecule has 0 spiro atoms. The smallest absolute Gasteiger partial charge is 0.335 e. The van der Waals surface area contributed by atoms with Crippen LogP contribution in [-0.4, -0.2) is 22.6 Å². The van der Waals surface area contributed by atoms with Crippen LogP contribution in [0.15, 0.2) is 48.5 Å². The summed E-state index contributed by atoms with van der Waals surface area (Å²) in [5.41, 5.74) is 1.29. The van der Waals surface area contributed by atoms with Gasteiger partial charge in [-0.3, -0.25) is 4.79 Å². The molecule has 0 saturated heterocycles. The zero-order chi connectivity index (χ0) is 21.3. The minimum Gasteiger partial charge on any atom is -0.478 e. The van der Waals surface area contributed by atoms with E-state index in [-0.39, 0.29) is 11.5 Å². The van der Waals surface area contributed by atoms with Crippen LogP contribution in [0.25, 0.3) is 0 Å². The number of carbonyl (C=O) groups is 2. The summed E-state index contributed by atoms with van der Waals surface area (Å²) in [6.07, 6.45) is 1.66. The number of benzene rings is 2. The molecular weight excluding hydrogens is 376 g/mol. The lowest BCUT2D eigenvalue weighted by Gasteiger charge is -2.24. The van der Waals surface area contributed by atoms with E-state index in [1.165, 1.54) is 18.6 Å². The van der Waals surface area contributed by atoms with Crippen molar-refractivity contribution in [3.8, 4) is 0 Å². The van der Waals surface area contributed by atoms with E-state index in [4.69, 9.17) is 21.4 Å². The predicted molar refractivity (Wildman–Crippen MR) is 113 cm³/mol. The molecule has 1 N–H and O–H groups in total. The molecule has 1 atom stereocenters. The molecule has 2 rings (SSSR count). The summed E-state index contributed by atoms with van der Waals surface area (Å²) >= 11 is 5.94. The lowest BCUT2D eigenvalue weighted by atomic mass is 9.91. The van der Waals surface area contributed by atoms with Crippen LogP contribution in [0.3, 0.4) is 0 Å². The van der Waals surface area contributed by atoms with E-state index < -0.39 is 17.5 Å². The maximum atomic E-state index is 12.7. The second-order valence-electron chi connectivity index (χ2n) is 7.55. The van der Waals surface area contributed by atoms with Crippen LogP contribution >= 0.6 is 11.6 Å². The normalized spacial score (nSPS) is 11.8. The second kappa shape index (κ2) is 10.9. The molecule has 0 bridgehead atoms. The van der Waals surface area contributed by atoms with E-state index in [1.54, 1.807) is 24.3 Å². The molecule has 4 nitrogen and oxygen atoms in total. The van der Waals surface area contributed by atoms with Crippen molar-refractivity contribution >= 4 is 23.5 Å². The number of halogens is 1. The van der Waals surface area contributed by atoms with Gasteiger partial charge in [-0.05, 0) is 62.6 Å². The number of carboxylic acids is 1. The Labute approximate surface area is 172 Å². The average Bonchev–Trinajstić information content (AvgIpc) is 2.60. The number of ether oxygens (including phenoxy) is 1. The molecule has 1 unspecified atom stereocenters. The molecular formula is C23H29ClO4. The lowest BCUT2D eigenvalue weighted by Crippen LogP contribution is -2.28. The summed E-state index contributed by atoms with van der Waals surface area (Å²) in [5, 5.41) is 9.59. The molecule has 0 aliphatic carbocycles. The molecule has 0 fully saturated rings. The summed E-state index contributed by atoms with van der Waals surface area (Å²) in [7, 11) is 0. The molecule has 28 heavy (non-hydrogen) atoms. The van der Waals surface area contributed by atoms with Gasteiger partial charge in [0.05, 0.1) is 11.5 Å². The van der Waals surface area contributed by atoms with E-state index in [1.807, 2.05) is 32.9 Å². The van der Waals surface area contributed by atoms with Crippen LogP contribution in [0, 0.1) is 0 Å². The topological polar surface area (TPSA) is 63.6 Å². The van der Waals surface area contributed by atoms with Gasteiger partial charge in [0.15, 0.2) is 0 Å². The van der Waals surface area contributed by atoms with Gasteiger partial charge < -0.3 is 9.84 Å². The second-order valence-corrected chi connectivity index (χ2v) is 7.99. The molecule has 0 aromatic heterocycles. The van der Waals surface area contributed by atoms with Crippen LogP contribution in [-0.2, 0) is 16.0 Å². The summed E-state index contributed by atoms with van der Waals surface area (Å²) in [6, 6.07) is 13.6. The number of hydrogen-bond acceptors (Lipinski definition) is 3. The van der Waals surface area contributed by atoms with Crippen LogP contribution in [0.5, 0.6) is 0 Å². The molecule has 2 aromatic rings. The maximum Gasteiger partial charge on any atom is 0.335 e. The Bertz CT molecular complexity index is 759. The Morgan fingerprint density at radius 3 is 1.93 bits per heavy atom. The first-order valence-electron chi connectivity index (χ1n) is 9.38. The molecule has 152 valence electrons. The predicted octanol–water partition coefficient (Wildman–Crippen LogP) is 6.12. The molecule has 0 radical (unpaired) electrons. The molecule has 0 aliphatic heterocycles. The number of hydrogen-bond donors (Lipinski definition) is 1. The van der Waals surface area contributed by atoms with Gasteiger partial charge in [-0.15, -0.1) is 0 Å². The van der Waals surface area contributed by atoms with Crippen molar-refractivity contribution in [1.82, 2.24) is 0 Å². The number of aromatic carboxylic acids is 1. The fraction of sp³-hybridized carbons (Fsp3) is 0.391. The number of carbonyl (C=O) groups excluding carboxylic acids is 1. The third kappa shape index (κ3) is 8.13. The van der Waals surface area contributed by atoms with Crippen molar-refractivity contribution in [3.63, 3.8) is 0 Å². The molecule has 2 aromatic carbocycles. The van der Waals surface area contributed by atoms with Gasteiger partial charge >= 0.3 is 11.9 Å². The zero-order valence-corrected chi connectivity index (χ0v) is 17.9. The molecule has 0 heterocycles. The first-order chi connectivity index (χ1) is 13.1. The largest absolute Gasteiger partial charge is 0.478 e. The van der Waals surface area contributed by atoms with Crippen molar-refractivity contribution in [2.45, 2.75) is 59.0 Å². The maximum absolute atomic E-state index is 12.7. The minimum atomic E-state index is -0.979. The summed E-state index contributed by atoms with van der Waals surface area (Å²) in [6.45, 7) is 9.72. The van der Waals surface area contributed by atoms with E-state index >= 15 is 0 Å². The fourth-order valence-corrected chi connectivity index (χ4v) is 2.55. The van der Waals surface area contributed by atoms with E-state index in [9.17, 15) is 9.59 Å². The number of carboxylic acid groups (broad SMARTS) is 1. The third-order valence-electron chi connectivity index (χ3n) is 3.60. The fourth-order valence-electron chi connectivity index (χ4n) is 2.42. The Kier molecular flexibility index (Phi) is 9.20. The zero-order valence-electron chi connectivity index (χ0n) is 17.2. The Morgan fingerprint density at radius 2 is 1.50 bits per heavy atom. The van der Waals surface area contributed by atoms with Gasteiger partial charge in [-0.25, -0.2) is 4.79 Å². The van der Waals surface area contributed by atoms with Crippen molar-refractivity contribution < 1.29 is 19.4 Å². The minimum absolute atomic E-state index is 0.212. The SMILES string of the molecule is CC(C)(C)OC(=O)C(Cc1ccc(C(=O)O)cc1)c1ccc(Cl)cc1.CCC. The highest BCUT2D eigenvalue weighted by Gasteiger charge is 2.27. The van der Waals surface area contributed by atoms with Crippen molar-refractivity contribution in [2.75, 3.05) is 0 Å². The molecule has 5 heteroatoms. The number of rotatable bonds is 5. The van der Waals surface area contributed by atoms with Crippen molar-refractivity contribution in [2.24, 2.45) is 0 Å². The van der Waals surface area contributed by atoms with Crippen molar-refractivity contribution in [3.05, 3.63) is 70.2 Å². The highest BCUT2D eigenvalue weighted by Crippen LogP contribution is 2.26.